The Morgan fingerprint density at radius 3 is 2.25 bits per heavy atom. The molecule has 14 nitrogen and oxygen atoms in total. The molecule has 3 N–H and O–H groups in total. The van der Waals surface area contributed by atoms with Crippen LogP contribution in [0, 0.1) is 17.8 Å². The number of carbonyl (C=O) groups is 5. The molecule has 1 aliphatic rings. The molecule has 342 valence electrons. The Hall–Kier alpha value is -4.24. The first kappa shape index (κ1) is 51.1. The van der Waals surface area contributed by atoms with Crippen molar-refractivity contribution in [1.29, 1.82) is 0 Å². The number of thiazole rings is 1. The van der Waals surface area contributed by atoms with Gasteiger partial charge >= 0.3 is 12.1 Å². The number of rotatable bonds is 21. The van der Waals surface area contributed by atoms with E-state index in [2.05, 4.69) is 24.5 Å². The van der Waals surface area contributed by atoms with Crippen molar-refractivity contribution in [3.63, 3.8) is 0 Å². The number of likely N-dealkylation sites (N-methyl/N-ethyl adjacent to an activating group) is 1. The Labute approximate surface area is 367 Å². The number of esters is 1. The summed E-state index contributed by atoms with van der Waals surface area (Å²) in [4.78, 5) is 76.8. The molecule has 0 saturated carbocycles. The molecule has 8 atom stereocenters. The molecule has 0 saturated heterocycles. The number of ether oxygens (including phenoxy) is 3. The van der Waals surface area contributed by atoms with Gasteiger partial charge in [0.2, 0.25) is 11.8 Å². The van der Waals surface area contributed by atoms with Crippen LogP contribution < -0.4 is 10.6 Å². The van der Waals surface area contributed by atoms with Crippen LogP contribution in [0.15, 0.2) is 23.6 Å². The summed E-state index contributed by atoms with van der Waals surface area (Å²) in [7, 11) is 2.89. The third kappa shape index (κ3) is 13.9. The smallest absolute Gasteiger partial charge is 0.410 e. The molecule has 0 aliphatic heterocycles. The number of phenolic OH excluding ortho intramolecular Hbond substituents is 1. The molecule has 0 spiro atoms. The number of aromatic nitrogens is 1. The Bertz CT molecular complexity index is 1780. The van der Waals surface area contributed by atoms with Gasteiger partial charge in [-0.1, -0.05) is 74.3 Å². The molecular weight excluding hydrogens is 799 g/mol. The third-order valence-corrected chi connectivity index (χ3v) is 12.5. The fraction of sp³-hybridized carbons (Fsp3) is 0.696. The average molecular weight is 872 g/mol. The zero-order valence-corrected chi connectivity index (χ0v) is 39.6. The highest BCUT2D eigenvalue weighted by Crippen LogP contribution is 2.36. The van der Waals surface area contributed by atoms with Crippen LogP contribution in [0.5, 0.6) is 5.75 Å². The number of hydrogen-bond acceptors (Lipinski definition) is 11. The predicted molar refractivity (Wildman–Crippen MR) is 237 cm³/mol. The van der Waals surface area contributed by atoms with Crippen molar-refractivity contribution in [3.8, 4) is 5.75 Å². The van der Waals surface area contributed by atoms with Crippen LogP contribution >= 0.6 is 11.3 Å². The molecule has 0 radical (unpaired) electrons. The summed E-state index contributed by atoms with van der Waals surface area (Å²) in [5.41, 5.74) is 1.02. The molecule has 4 amide bonds. The fourth-order valence-corrected chi connectivity index (χ4v) is 8.73. The number of nitrogens with zero attached hydrogens (tertiary/aromatic N) is 3. The number of amides is 4. The van der Waals surface area contributed by atoms with Crippen LogP contribution in [0.25, 0.3) is 0 Å². The van der Waals surface area contributed by atoms with Crippen LogP contribution in [0.2, 0.25) is 0 Å². The standard InChI is InChI=1S/C46H73N5O9S/c1-14-20-51(43(55)38(28(7)16-3)49-41(54)39(29(8)17-4)50(12)45(57)60-46(9,10)11)36(27(5)6)25-37(59-21-15-2)42-48-35(26-61-42)40(53)47-31-22-30-18-19-32(52)24-33(30)34(23-31)44(56)58-13/h18-19,24,26-29,31,34,36-39,52H,14-17,20-23,25H2,1-13H3,(H,47,53)(H,49,54)/t28-,29-,31-,34+,36+,37+,38-,39-/m0/s1. The van der Waals surface area contributed by atoms with Gasteiger partial charge in [-0.3, -0.25) is 24.1 Å². The summed E-state index contributed by atoms with van der Waals surface area (Å²) >= 11 is 1.32. The van der Waals surface area contributed by atoms with Gasteiger partial charge in [0.25, 0.3) is 5.91 Å². The van der Waals surface area contributed by atoms with Crippen molar-refractivity contribution >= 4 is 41.1 Å². The molecule has 0 unspecified atom stereocenters. The molecule has 2 aromatic rings. The minimum atomic E-state index is -0.861. The van der Waals surface area contributed by atoms with E-state index in [0.29, 0.717) is 62.2 Å². The topological polar surface area (TPSA) is 177 Å². The van der Waals surface area contributed by atoms with E-state index < -0.39 is 47.7 Å². The summed E-state index contributed by atoms with van der Waals surface area (Å²) < 4.78 is 17.1. The van der Waals surface area contributed by atoms with E-state index in [4.69, 9.17) is 19.2 Å². The number of hydrogen-bond donors (Lipinski definition) is 3. The first-order chi connectivity index (χ1) is 28.7. The lowest BCUT2D eigenvalue weighted by molar-refractivity contribution is -0.143. The minimum Gasteiger partial charge on any atom is -0.508 e. The van der Waals surface area contributed by atoms with Crippen molar-refractivity contribution in [2.24, 2.45) is 17.8 Å². The predicted octanol–water partition coefficient (Wildman–Crippen LogP) is 7.78. The van der Waals surface area contributed by atoms with Crippen LogP contribution in [0.1, 0.15) is 153 Å². The lowest BCUT2D eigenvalue weighted by atomic mass is 9.80. The third-order valence-electron chi connectivity index (χ3n) is 11.6. The maximum Gasteiger partial charge on any atom is 0.410 e. The van der Waals surface area contributed by atoms with Crippen LogP contribution in [-0.2, 0) is 35.0 Å². The van der Waals surface area contributed by atoms with Gasteiger partial charge in [0.15, 0.2) is 0 Å². The highest BCUT2D eigenvalue weighted by Gasteiger charge is 2.40. The second-order valence-corrected chi connectivity index (χ2v) is 18.8. The van der Waals surface area contributed by atoms with Crippen LogP contribution in [0.3, 0.4) is 0 Å². The Kier molecular flexibility index (Phi) is 19.5. The van der Waals surface area contributed by atoms with Crippen molar-refractivity contribution in [1.82, 2.24) is 25.4 Å². The molecule has 0 bridgehead atoms. The number of methoxy groups -OCH3 is 1. The number of aromatic hydroxyl groups is 1. The SMILES string of the molecule is CCCO[C@H](C[C@H](C(C)C)N(CCC)C(=O)[C@@H](NC(=O)[C@H]([C@@H](C)CC)N(C)C(=O)OC(C)(C)C)[C@@H](C)CC)c1nc(C(=O)N[C@H]2Cc3ccc(O)cc3[C@H](C(=O)OC)C2)cs1. The van der Waals surface area contributed by atoms with Gasteiger partial charge in [-0.05, 0) is 87.5 Å². The summed E-state index contributed by atoms with van der Waals surface area (Å²) in [6.45, 7) is 22.2. The zero-order valence-electron chi connectivity index (χ0n) is 38.8. The van der Waals surface area contributed by atoms with Crippen molar-refractivity contribution in [3.05, 3.63) is 45.4 Å². The molecular formula is C46H73N5O9S. The zero-order chi connectivity index (χ0) is 45.8. The monoisotopic (exact) mass is 872 g/mol. The van der Waals surface area contributed by atoms with E-state index in [0.717, 1.165) is 12.0 Å². The molecule has 1 aliphatic carbocycles. The van der Waals surface area contributed by atoms with Gasteiger partial charge in [-0.25, -0.2) is 9.78 Å². The van der Waals surface area contributed by atoms with E-state index in [1.165, 1.54) is 23.3 Å². The Morgan fingerprint density at radius 2 is 1.67 bits per heavy atom. The molecule has 0 fully saturated rings. The maximum atomic E-state index is 14.9. The number of fused-ring (bicyclic) bond motifs is 1. The Balaban J connectivity index is 1.90. The van der Waals surface area contributed by atoms with Gasteiger partial charge < -0.3 is 34.9 Å². The number of phenols is 1. The van der Waals surface area contributed by atoms with E-state index in [1.54, 1.807) is 51.4 Å². The van der Waals surface area contributed by atoms with E-state index >= 15 is 0 Å². The average Bonchev–Trinajstić information content (AvgIpc) is 3.71. The Morgan fingerprint density at radius 1 is 1.00 bits per heavy atom. The number of carbonyl (C=O) groups excluding carboxylic acids is 5. The highest BCUT2D eigenvalue weighted by atomic mass is 32.1. The normalized spacial score (nSPS) is 18.1. The molecule has 15 heteroatoms. The number of benzene rings is 1. The maximum absolute atomic E-state index is 14.9. The summed E-state index contributed by atoms with van der Waals surface area (Å²) in [6, 6.07) is 2.51. The lowest BCUT2D eigenvalue weighted by Crippen LogP contribution is -2.60. The van der Waals surface area contributed by atoms with Gasteiger partial charge in [0.05, 0.1) is 13.0 Å². The lowest BCUT2D eigenvalue weighted by Gasteiger charge is -2.40. The van der Waals surface area contributed by atoms with Crippen LogP contribution in [-0.4, -0.2) is 107 Å². The van der Waals surface area contributed by atoms with E-state index in [9.17, 15) is 29.1 Å². The molecule has 1 aromatic carbocycles. The largest absolute Gasteiger partial charge is 0.508 e. The summed E-state index contributed by atoms with van der Waals surface area (Å²) in [5.74, 6) is -2.44. The molecule has 3 rings (SSSR count). The summed E-state index contributed by atoms with van der Waals surface area (Å²) in [5, 5.41) is 18.6. The van der Waals surface area contributed by atoms with Gasteiger partial charge in [-0.2, -0.15) is 0 Å². The summed E-state index contributed by atoms with van der Waals surface area (Å²) in [6.07, 6.45) is 2.73. The molecule has 1 aromatic heterocycles. The fourth-order valence-electron chi connectivity index (χ4n) is 7.87. The molecule has 1 heterocycles. The minimum absolute atomic E-state index is 0.00995. The van der Waals surface area contributed by atoms with Crippen LogP contribution in [0.4, 0.5) is 4.79 Å². The van der Waals surface area contributed by atoms with Crippen molar-refractivity contribution in [2.75, 3.05) is 27.3 Å². The first-order valence-electron chi connectivity index (χ1n) is 22.0. The van der Waals surface area contributed by atoms with Crippen molar-refractivity contribution in [2.45, 2.75) is 163 Å². The second-order valence-electron chi connectivity index (χ2n) is 17.9. The van der Waals surface area contributed by atoms with Gasteiger partial charge in [0, 0.05) is 44.1 Å². The van der Waals surface area contributed by atoms with Gasteiger partial charge in [0.1, 0.15) is 40.2 Å². The number of nitrogens with one attached hydrogen (secondary N) is 2. The van der Waals surface area contributed by atoms with Crippen molar-refractivity contribution < 1.29 is 43.3 Å². The quantitative estimate of drug-likeness (QED) is 0.105. The second kappa shape index (κ2) is 23.3. The van der Waals surface area contributed by atoms with E-state index in [1.807, 2.05) is 46.4 Å². The molecule has 61 heavy (non-hydrogen) atoms. The highest BCUT2D eigenvalue weighted by molar-refractivity contribution is 7.09. The van der Waals surface area contributed by atoms with E-state index in [-0.39, 0.29) is 53.1 Å². The van der Waals surface area contributed by atoms with Gasteiger partial charge in [-0.15, -0.1) is 11.3 Å². The first-order valence-corrected chi connectivity index (χ1v) is 22.9.